The van der Waals surface area contributed by atoms with Gasteiger partial charge in [0.1, 0.15) is 0 Å². The summed E-state index contributed by atoms with van der Waals surface area (Å²) in [5.41, 5.74) is 5.88. The molecule has 1 fully saturated rings. The fourth-order valence-corrected chi connectivity index (χ4v) is 3.19. The Kier molecular flexibility index (Phi) is 4.37. The molecule has 0 bridgehead atoms. The van der Waals surface area contributed by atoms with Crippen LogP contribution < -0.4 is 5.73 Å². The van der Waals surface area contributed by atoms with Crippen molar-refractivity contribution in [2.75, 3.05) is 32.6 Å². The summed E-state index contributed by atoms with van der Waals surface area (Å²) in [7, 11) is 1.42. The van der Waals surface area contributed by atoms with E-state index in [0.29, 0.717) is 18.6 Å². The van der Waals surface area contributed by atoms with Gasteiger partial charge < -0.3 is 10.2 Å². The molecule has 0 aromatic carbocycles. The zero-order valence-corrected chi connectivity index (χ0v) is 11.5. The maximum absolute atomic E-state index is 11.2. The number of quaternary nitrogens is 1. The minimum absolute atomic E-state index is 0.280. The summed E-state index contributed by atoms with van der Waals surface area (Å²) >= 11 is 0. The number of hydrogen-bond donors (Lipinski definition) is 1. The molecule has 0 amide bonds. The second kappa shape index (κ2) is 5.02. The van der Waals surface area contributed by atoms with E-state index in [1.807, 2.05) is 0 Å². The highest BCUT2D eigenvalue weighted by atomic mass is 32.2. The van der Waals surface area contributed by atoms with Crippen molar-refractivity contribution < 1.29 is 12.9 Å². The second-order valence-corrected chi connectivity index (χ2v) is 7.96. The second-order valence-electron chi connectivity index (χ2n) is 5.70. The Morgan fingerprint density at radius 1 is 1.19 bits per heavy atom. The van der Waals surface area contributed by atoms with Gasteiger partial charge >= 0.3 is 0 Å². The molecule has 1 rings (SSSR count). The molecule has 96 valence electrons. The van der Waals surface area contributed by atoms with Gasteiger partial charge in [0.05, 0.1) is 32.4 Å². The van der Waals surface area contributed by atoms with E-state index in [-0.39, 0.29) is 5.75 Å². The smallest absolute Gasteiger partial charge is 0.152 e. The van der Waals surface area contributed by atoms with E-state index in [1.54, 1.807) is 0 Å². The number of hydrogen-bond acceptors (Lipinski definition) is 3. The Morgan fingerprint density at radius 3 is 2.12 bits per heavy atom. The molecule has 16 heavy (non-hydrogen) atoms. The van der Waals surface area contributed by atoms with E-state index >= 15 is 0 Å². The lowest BCUT2D eigenvalue weighted by atomic mass is 9.90. The molecule has 0 radical (unpaired) electrons. The van der Waals surface area contributed by atoms with Crippen molar-refractivity contribution >= 4 is 9.84 Å². The summed E-state index contributed by atoms with van der Waals surface area (Å²) in [5, 5.41) is 0. The van der Waals surface area contributed by atoms with Crippen LogP contribution in [0.5, 0.6) is 0 Å². The van der Waals surface area contributed by atoms with Crippen LogP contribution in [0.2, 0.25) is 0 Å². The molecule has 0 aromatic rings. The fourth-order valence-electron chi connectivity index (χ4n) is 2.38. The molecule has 1 saturated carbocycles. The summed E-state index contributed by atoms with van der Waals surface area (Å²) in [6.07, 6.45) is 5.70. The van der Waals surface area contributed by atoms with Crippen molar-refractivity contribution in [1.29, 1.82) is 0 Å². The third-order valence-electron chi connectivity index (χ3n) is 3.77. The lowest BCUT2D eigenvalue weighted by molar-refractivity contribution is -0.914. The Bertz CT molecular complexity index is 317. The zero-order chi connectivity index (χ0) is 12.4. The molecule has 0 heterocycles. The van der Waals surface area contributed by atoms with Crippen LogP contribution in [0.1, 0.15) is 25.7 Å². The van der Waals surface area contributed by atoms with Gasteiger partial charge in [-0.2, -0.15) is 0 Å². The first-order valence-electron chi connectivity index (χ1n) is 5.97. The average molecular weight is 249 g/mol. The molecule has 0 aromatic heterocycles. The van der Waals surface area contributed by atoms with Gasteiger partial charge in [0.25, 0.3) is 0 Å². The van der Waals surface area contributed by atoms with Gasteiger partial charge in [-0.05, 0) is 12.8 Å². The van der Waals surface area contributed by atoms with E-state index in [1.165, 1.54) is 6.26 Å². The molecule has 5 heteroatoms. The Hall–Kier alpha value is -0.130. The van der Waals surface area contributed by atoms with E-state index in [0.717, 1.165) is 30.2 Å². The summed E-state index contributed by atoms with van der Waals surface area (Å²) in [4.78, 5) is 0. The van der Waals surface area contributed by atoms with Crippen LogP contribution >= 0.6 is 0 Å². The lowest BCUT2D eigenvalue weighted by Gasteiger charge is -2.41. The van der Waals surface area contributed by atoms with Gasteiger partial charge in [-0.3, -0.25) is 0 Å². The third kappa shape index (κ3) is 4.39. The van der Waals surface area contributed by atoms with E-state index < -0.39 is 9.84 Å². The van der Waals surface area contributed by atoms with Crippen molar-refractivity contribution in [2.24, 2.45) is 5.73 Å². The topological polar surface area (TPSA) is 60.2 Å². The lowest BCUT2D eigenvalue weighted by Crippen LogP contribution is -2.53. The van der Waals surface area contributed by atoms with Crippen molar-refractivity contribution in [2.45, 2.75) is 37.8 Å². The maximum Gasteiger partial charge on any atom is 0.152 e. The number of nitrogens with two attached hydrogens (primary N) is 1. The quantitative estimate of drug-likeness (QED) is 0.733. The van der Waals surface area contributed by atoms with Gasteiger partial charge in [-0.25, -0.2) is 8.42 Å². The van der Waals surface area contributed by atoms with Crippen LogP contribution in [0, 0.1) is 0 Å². The molecule has 0 atom stereocenters. The van der Waals surface area contributed by atoms with Crippen LogP contribution in [0.25, 0.3) is 0 Å². The predicted octanol–water partition coefficient (Wildman–Crippen LogP) is 0.377. The highest BCUT2D eigenvalue weighted by Gasteiger charge is 2.32. The van der Waals surface area contributed by atoms with Crippen molar-refractivity contribution in [3.05, 3.63) is 0 Å². The Labute approximate surface area is 99.3 Å². The highest BCUT2D eigenvalue weighted by molar-refractivity contribution is 7.90. The molecule has 2 N–H and O–H groups in total. The first-order valence-corrected chi connectivity index (χ1v) is 8.03. The van der Waals surface area contributed by atoms with Crippen molar-refractivity contribution in [3.8, 4) is 0 Å². The molecule has 1 aliphatic rings. The molecule has 0 saturated heterocycles. The molecule has 1 aliphatic carbocycles. The summed E-state index contributed by atoms with van der Waals surface area (Å²) < 4.78 is 23.2. The van der Waals surface area contributed by atoms with Gasteiger partial charge in [0.2, 0.25) is 0 Å². The fraction of sp³-hybridized carbons (Fsp3) is 1.00. The van der Waals surface area contributed by atoms with Crippen molar-refractivity contribution in [1.82, 2.24) is 0 Å². The Balaban J connectivity index is 2.50. The van der Waals surface area contributed by atoms with Crippen LogP contribution in [0.4, 0.5) is 0 Å². The van der Waals surface area contributed by atoms with Gasteiger partial charge in [0.15, 0.2) is 9.84 Å². The van der Waals surface area contributed by atoms with E-state index in [2.05, 4.69) is 14.1 Å². The zero-order valence-electron chi connectivity index (χ0n) is 10.6. The monoisotopic (exact) mass is 249 g/mol. The van der Waals surface area contributed by atoms with Gasteiger partial charge in [0, 0.05) is 25.1 Å². The van der Waals surface area contributed by atoms with Gasteiger partial charge in [-0.15, -0.1) is 0 Å². The van der Waals surface area contributed by atoms with Gasteiger partial charge in [-0.1, -0.05) is 0 Å². The van der Waals surface area contributed by atoms with E-state index in [9.17, 15) is 8.42 Å². The number of nitrogens with zero attached hydrogens (tertiary/aromatic N) is 1. The van der Waals surface area contributed by atoms with Crippen LogP contribution in [0.15, 0.2) is 0 Å². The molecule has 0 spiro atoms. The third-order valence-corrected chi connectivity index (χ3v) is 4.69. The SMILES string of the molecule is C[N+](C)(CCS(C)(=O)=O)C1CCC(N)CC1. The molecular weight excluding hydrogens is 224 g/mol. The predicted molar refractivity (Wildman–Crippen MR) is 66.9 cm³/mol. The van der Waals surface area contributed by atoms with Crippen LogP contribution in [-0.2, 0) is 9.84 Å². The molecule has 0 aliphatic heterocycles. The molecule has 4 nitrogen and oxygen atoms in total. The minimum atomic E-state index is -2.85. The van der Waals surface area contributed by atoms with Crippen molar-refractivity contribution in [3.63, 3.8) is 0 Å². The summed E-state index contributed by atoms with van der Waals surface area (Å²) in [6, 6.07) is 0.924. The molecule has 0 unspecified atom stereocenters. The standard InChI is InChI=1S/C11H25N2O2S/c1-13(2,8-9-16(3,14)15)11-6-4-10(12)5-7-11/h10-11H,4-9,12H2,1-3H3/q+1. The Morgan fingerprint density at radius 2 is 1.69 bits per heavy atom. The van der Waals surface area contributed by atoms with Crippen LogP contribution in [-0.4, -0.2) is 57.6 Å². The summed E-state index contributed by atoms with van der Waals surface area (Å²) in [6.45, 7) is 0.707. The maximum atomic E-state index is 11.2. The van der Waals surface area contributed by atoms with E-state index in [4.69, 9.17) is 5.73 Å². The number of rotatable bonds is 4. The molecular formula is C11H25N2O2S+. The summed E-state index contributed by atoms with van der Waals surface area (Å²) in [5.74, 6) is 0.280. The first kappa shape index (κ1) is 13.9. The average Bonchev–Trinajstić information content (AvgIpc) is 2.15. The first-order chi connectivity index (χ1) is 7.21. The minimum Gasteiger partial charge on any atom is -0.328 e. The largest absolute Gasteiger partial charge is 0.328 e. The normalized spacial score (nSPS) is 28.0. The number of sulfone groups is 1. The van der Waals surface area contributed by atoms with Crippen LogP contribution in [0.3, 0.4) is 0 Å². The highest BCUT2D eigenvalue weighted by Crippen LogP contribution is 2.25.